The molecule has 1 N–H and O–H groups in total. The molecule has 0 amide bonds. The van der Waals surface area contributed by atoms with Gasteiger partial charge in [-0.15, -0.1) is 0 Å². The molecule has 4 nitrogen and oxygen atoms in total. The van der Waals surface area contributed by atoms with Crippen LogP contribution in [0.1, 0.15) is 30.9 Å². The Morgan fingerprint density at radius 3 is 2.55 bits per heavy atom. The lowest BCUT2D eigenvalue weighted by Crippen LogP contribution is -2.29. The van der Waals surface area contributed by atoms with Crippen molar-refractivity contribution in [3.05, 3.63) is 29.1 Å². The average Bonchev–Trinajstić information content (AvgIpc) is 2.39. The minimum atomic E-state index is -3.64. The first-order valence-corrected chi connectivity index (χ1v) is 8.18. The molecule has 20 heavy (non-hydrogen) atoms. The summed E-state index contributed by atoms with van der Waals surface area (Å²) in [6, 6.07) is 2.92. The third-order valence-electron chi connectivity index (χ3n) is 3.25. The van der Waals surface area contributed by atoms with Gasteiger partial charge >= 0.3 is 0 Å². The Bertz CT molecular complexity index is 559. The normalized spacial score (nSPS) is 12.1. The van der Waals surface area contributed by atoms with E-state index in [2.05, 4.69) is 5.32 Å². The molecule has 0 atom stereocenters. The molecule has 0 aromatic heterocycles. The lowest BCUT2D eigenvalue weighted by Gasteiger charge is -2.19. The van der Waals surface area contributed by atoms with E-state index in [1.165, 1.54) is 24.3 Å². The van der Waals surface area contributed by atoms with Crippen LogP contribution in [0.15, 0.2) is 17.0 Å². The second-order valence-corrected chi connectivity index (χ2v) is 6.92. The van der Waals surface area contributed by atoms with Crippen LogP contribution in [0.2, 0.25) is 0 Å². The van der Waals surface area contributed by atoms with E-state index in [-0.39, 0.29) is 10.5 Å². The van der Waals surface area contributed by atoms with Crippen LogP contribution in [-0.2, 0) is 16.6 Å². The van der Waals surface area contributed by atoms with Crippen molar-refractivity contribution >= 4 is 10.0 Å². The summed E-state index contributed by atoms with van der Waals surface area (Å²) >= 11 is 0. The molecule has 0 aliphatic rings. The summed E-state index contributed by atoms with van der Waals surface area (Å²) in [6.45, 7) is 4.37. The van der Waals surface area contributed by atoms with E-state index in [1.807, 2.05) is 6.92 Å². The largest absolute Gasteiger partial charge is 0.316 e. The van der Waals surface area contributed by atoms with E-state index in [0.29, 0.717) is 18.7 Å². The highest BCUT2D eigenvalue weighted by Gasteiger charge is 2.24. The van der Waals surface area contributed by atoms with Gasteiger partial charge in [-0.1, -0.05) is 13.3 Å². The van der Waals surface area contributed by atoms with Gasteiger partial charge in [0.1, 0.15) is 5.82 Å². The smallest absolute Gasteiger partial charge is 0.243 e. The summed E-state index contributed by atoms with van der Waals surface area (Å²) < 4.78 is 40.2. The fraction of sp³-hybridized carbons (Fsp3) is 0.571. The molecule has 0 unspecified atom stereocenters. The Kier molecular flexibility index (Phi) is 6.10. The monoisotopic (exact) mass is 302 g/mol. The number of unbranched alkanes of at least 4 members (excludes halogenated alkanes) is 1. The van der Waals surface area contributed by atoms with Crippen molar-refractivity contribution in [1.82, 2.24) is 9.62 Å². The SMILES string of the molecule is CCCCN(C)S(=O)(=O)c1cc(CNC)cc(F)c1C. The summed E-state index contributed by atoms with van der Waals surface area (Å²) in [5, 5.41) is 2.90. The van der Waals surface area contributed by atoms with E-state index in [0.717, 1.165) is 12.8 Å². The van der Waals surface area contributed by atoms with Crippen LogP contribution in [-0.4, -0.2) is 33.4 Å². The molecule has 0 spiro atoms. The number of benzene rings is 1. The minimum absolute atomic E-state index is 0.0568. The molecule has 0 aliphatic carbocycles. The Labute approximate surface area is 121 Å². The molecule has 0 heterocycles. The Morgan fingerprint density at radius 2 is 2.00 bits per heavy atom. The highest BCUT2D eigenvalue weighted by atomic mass is 32.2. The Morgan fingerprint density at radius 1 is 1.35 bits per heavy atom. The molecular formula is C14H23FN2O2S. The quantitative estimate of drug-likeness (QED) is 0.840. The fourth-order valence-corrected chi connectivity index (χ4v) is 3.44. The summed E-state index contributed by atoms with van der Waals surface area (Å²) in [6.07, 6.45) is 1.69. The van der Waals surface area contributed by atoms with Crippen LogP contribution >= 0.6 is 0 Å². The molecule has 1 aromatic rings. The van der Waals surface area contributed by atoms with Crippen LogP contribution in [0.3, 0.4) is 0 Å². The third kappa shape index (κ3) is 3.77. The van der Waals surface area contributed by atoms with Crippen molar-refractivity contribution < 1.29 is 12.8 Å². The van der Waals surface area contributed by atoms with Crippen molar-refractivity contribution in [3.8, 4) is 0 Å². The highest BCUT2D eigenvalue weighted by molar-refractivity contribution is 7.89. The van der Waals surface area contributed by atoms with Gasteiger partial charge in [0.25, 0.3) is 0 Å². The molecule has 1 aromatic carbocycles. The van der Waals surface area contributed by atoms with Crippen molar-refractivity contribution in [1.29, 1.82) is 0 Å². The predicted octanol–water partition coefficient (Wildman–Crippen LogP) is 2.27. The highest BCUT2D eigenvalue weighted by Crippen LogP contribution is 2.23. The van der Waals surface area contributed by atoms with Crippen LogP contribution in [0.5, 0.6) is 0 Å². The van der Waals surface area contributed by atoms with Crippen LogP contribution in [0.4, 0.5) is 4.39 Å². The average molecular weight is 302 g/mol. The second-order valence-electron chi connectivity index (χ2n) is 4.91. The zero-order valence-corrected chi connectivity index (χ0v) is 13.3. The Balaban J connectivity index is 3.22. The maximum absolute atomic E-state index is 13.9. The zero-order chi connectivity index (χ0) is 15.3. The first-order valence-electron chi connectivity index (χ1n) is 6.74. The number of hydrogen-bond donors (Lipinski definition) is 1. The Hall–Kier alpha value is -0.980. The zero-order valence-electron chi connectivity index (χ0n) is 12.5. The maximum Gasteiger partial charge on any atom is 0.243 e. The summed E-state index contributed by atoms with van der Waals surface area (Å²) in [5.74, 6) is -0.486. The molecule has 0 fully saturated rings. The molecule has 0 saturated carbocycles. The third-order valence-corrected chi connectivity index (χ3v) is 5.24. The number of sulfonamides is 1. The van der Waals surface area contributed by atoms with Gasteiger partial charge in [0, 0.05) is 25.7 Å². The molecule has 0 radical (unpaired) electrons. The van der Waals surface area contributed by atoms with Gasteiger partial charge in [-0.05, 0) is 38.1 Å². The molecular weight excluding hydrogens is 279 g/mol. The minimum Gasteiger partial charge on any atom is -0.316 e. The van der Waals surface area contributed by atoms with Gasteiger partial charge in [0.05, 0.1) is 4.90 Å². The number of halogens is 1. The first kappa shape index (κ1) is 17.1. The predicted molar refractivity (Wildman–Crippen MR) is 78.6 cm³/mol. The topological polar surface area (TPSA) is 49.4 Å². The van der Waals surface area contributed by atoms with Crippen molar-refractivity contribution in [3.63, 3.8) is 0 Å². The van der Waals surface area contributed by atoms with E-state index >= 15 is 0 Å². The standard InChI is InChI=1S/C14H23FN2O2S/c1-5-6-7-17(4)20(18,19)14-9-12(10-16-3)8-13(15)11(14)2/h8-9,16H,5-7,10H2,1-4H3. The molecule has 6 heteroatoms. The van der Waals surface area contributed by atoms with Gasteiger partial charge in [-0.2, -0.15) is 0 Å². The summed E-state index contributed by atoms with van der Waals surface area (Å²) in [7, 11) is -0.369. The lowest BCUT2D eigenvalue weighted by molar-refractivity contribution is 0.458. The number of nitrogens with zero attached hydrogens (tertiary/aromatic N) is 1. The van der Waals surface area contributed by atoms with E-state index in [4.69, 9.17) is 0 Å². The van der Waals surface area contributed by atoms with Crippen LogP contribution in [0, 0.1) is 12.7 Å². The number of hydrogen-bond acceptors (Lipinski definition) is 3. The van der Waals surface area contributed by atoms with Crippen molar-refractivity contribution in [2.24, 2.45) is 0 Å². The molecule has 0 saturated heterocycles. The first-order chi connectivity index (χ1) is 9.34. The molecule has 1 rings (SSSR count). The second kappa shape index (κ2) is 7.15. The van der Waals surface area contributed by atoms with Gasteiger partial charge in [-0.3, -0.25) is 0 Å². The van der Waals surface area contributed by atoms with Gasteiger partial charge in [0.2, 0.25) is 10.0 Å². The van der Waals surface area contributed by atoms with Gasteiger partial charge < -0.3 is 5.32 Å². The van der Waals surface area contributed by atoms with Gasteiger partial charge in [-0.25, -0.2) is 17.1 Å². The molecule has 114 valence electrons. The van der Waals surface area contributed by atoms with E-state index < -0.39 is 15.8 Å². The van der Waals surface area contributed by atoms with Crippen LogP contribution < -0.4 is 5.32 Å². The lowest BCUT2D eigenvalue weighted by atomic mass is 10.1. The number of rotatable bonds is 7. The number of nitrogens with one attached hydrogen (secondary N) is 1. The molecule has 0 bridgehead atoms. The maximum atomic E-state index is 13.9. The van der Waals surface area contributed by atoms with E-state index in [9.17, 15) is 12.8 Å². The summed E-state index contributed by atoms with van der Waals surface area (Å²) in [4.78, 5) is 0.0568. The fourth-order valence-electron chi connectivity index (χ4n) is 1.95. The van der Waals surface area contributed by atoms with Crippen molar-refractivity contribution in [2.75, 3.05) is 20.6 Å². The van der Waals surface area contributed by atoms with Crippen LogP contribution in [0.25, 0.3) is 0 Å². The molecule has 0 aliphatic heterocycles. The van der Waals surface area contributed by atoms with Gasteiger partial charge in [0.15, 0.2) is 0 Å². The van der Waals surface area contributed by atoms with E-state index in [1.54, 1.807) is 13.1 Å². The van der Waals surface area contributed by atoms with Crippen molar-refractivity contribution in [2.45, 2.75) is 38.1 Å². The summed E-state index contributed by atoms with van der Waals surface area (Å²) in [5.41, 5.74) is 0.797.